The van der Waals surface area contributed by atoms with E-state index in [1.54, 1.807) is 6.08 Å². The molecule has 110 valence electrons. The molecule has 19 heavy (non-hydrogen) atoms. The molecule has 0 amide bonds. The zero-order chi connectivity index (χ0) is 13.7. The van der Waals surface area contributed by atoms with Crippen LogP contribution in [0.5, 0.6) is 0 Å². The Bertz CT molecular complexity index is 302. The van der Waals surface area contributed by atoms with Gasteiger partial charge in [-0.05, 0) is 18.9 Å². The van der Waals surface area contributed by atoms with E-state index in [-0.39, 0.29) is 35.3 Å². The Morgan fingerprint density at radius 3 is 2.21 bits per heavy atom. The van der Waals surface area contributed by atoms with Crippen LogP contribution in [0.25, 0.3) is 0 Å². The normalized spacial score (nSPS) is 11.5. The van der Waals surface area contributed by atoms with Gasteiger partial charge in [0, 0.05) is 0 Å². The molecular formula is C13H27NaO4S. The van der Waals surface area contributed by atoms with E-state index < -0.39 is 16.7 Å². The monoisotopic (exact) mass is 302 g/mol. The van der Waals surface area contributed by atoms with Crippen molar-refractivity contribution in [2.24, 2.45) is 0 Å². The molecule has 0 aliphatic heterocycles. The molecule has 0 atom stereocenters. The molecule has 0 bridgehead atoms. The van der Waals surface area contributed by atoms with Crippen LogP contribution in [0.15, 0.2) is 12.3 Å². The van der Waals surface area contributed by atoms with Gasteiger partial charge < -0.3 is 9.29 Å². The number of rotatable bonds is 12. The van der Waals surface area contributed by atoms with Crippen molar-refractivity contribution in [1.82, 2.24) is 0 Å². The van der Waals surface area contributed by atoms with E-state index in [4.69, 9.17) is 5.11 Å². The predicted molar refractivity (Wildman–Crippen MR) is 80.9 cm³/mol. The summed E-state index contributed by atoms with van der Waals surface area (Å²) in [5.74, 6) is -0.352. The first-order valence-electron chi connectivity index (χ1n) is 6.79. The first-order chi connectivity index (χ1) is 8.62. The van der Waals surface area contributed by atoms with Crippen LogP contribution in [0.3, 0.4) is 0 Å². The second-order valence-corrected chi connectivity index (χ2v) is 6.08. The Morgan fingerprint density at radius 1 is 1.05 bits per heavy atom. The molecule has 0 aromatic rings. The van der Waals surface area contributed by atoms with Gasteiger partial charge in [-0.15, -0.1) is 0 Å². The van der Waals surface area contributed by atoms with E-state index in [9.17, 15) is 8.42 Å². The third-order valence-corrected chi connectivity index (χ3v) is 3.70. The van der Waals surface area contributed by atoms with Gasteiger partial charge in [0.1, 0.15) is 12.0 Å². The zero-order valence-electron chi connectivity index (χ0n) is 11.3. The Labute approximate surface area is 140 Å². The number of hydrogen-bond acceptors (Lipinski definition) is 4. The van der Waals surface area contributed by atoms with E-state index in [0.717, 1.165) is 12.8 Å². The molecule has 6 heteroatoms. The van der Waals surface area contributed by atoms with Crippen LogP contribution in [0, 0.1) is 0 Å². The minimum absolute atomic E-state index is 0. The first kappa shape index (κ1) is 21.7. The van der Waals surface area contributed by atoms with E-state index >= 15 is 0 Å². The summed E-state index contributed by atoms with van der Waals surface area (Å²) in [5.41, 5.74) is 0. The Kier molecular flexibility index (Phi) is 17.0. The van der Waals surface area contributed by atoms with Crippen LogP contribution < -0.4 is 0 Å². The average molecular weight is 302 g/mol. The molecule has 0 aromatic carbocycles. The van der Waals surface area contributed by atoms with E-state index in [1.165, 1.54) is 44.8 Å². The van der Waals surface area contributed by atoms with Crippen molar-refractivity contribution in [2.45, 2.75) is 58.3 Å². The van der Waals surface area contributed by atoms with Crippen LogP contribution >= 0.6 is 0 Å². The van der Waals surface area contributed by atoms with Gasteiger partial charge in [-0.1, -0.05) is 45.4 Å². The maximum absolute atomic E-state index is 11.0. The molecule has 0 radical (unpaired) electrons. The Hall–Kier alpha value is 0.450. The standard InChI is InChI=1S/C13H26O4S.Na.H/c1-2-3-4-5-6-7-8-9-10-12-17-18(15,16)13-11-14;;/h10,12,14H,2-9,11,13H2,1H3;;/b12-10+;;. The van der Waals surface area contributed by atoms with E-state index in [1.807, 2.05) is 0 Å². The molecule has 1 N–H and O–H groups in total. The molecule has 0 aliphatic carbocycles. The second-order valence-electron chi connectivity index (χ2n) is 4.36. The summed E-state index contributed by atoms with van der Waals surface area (Å²) in [6.45, 7) is 1.80. The van der Waals surface area contributed by atoms with Crippen molar-refractivity contribution >= 4 is 39.7 Å². The third kappa shape index (κ3) is 16.4. The van der Waals surface area contributed by atoms with E-state index in [0.29, 0.717) is 0 Å². The fourth-order valence-corrected chi connectivity index (χ4v) is 2.14. The summed E-state index contributed by atoms with van der Waals surface area (Å²) >= 11 is 0. The maximum atomic E-state index is 11.0. The summed E-state index contributed by atoms with van der Waals surface area (Å²) in [4.78, 5) is 0. The van der Waals surface area contributed by atoms with Crippen molar-refractivity contribution < 1.29 is 17.7 Å². The number of hydrogen-bond donors (Lipinski definition) is 1. The zero-order valence-corrected chi connectivity index (χ0v) is 12.1. The molecule has 0 fully saturated rings. The van der Waals surface area contributed by atoms with Crippen LogP contribution in [0.1, 0.15) is 58.3 Å². The van der Waals surface area contributed by atoms with Gasteiger partial charge in [0.05, 0.1) is 6.61 Å². The van der Waals surface area contributed by atoms with E-state index in [2.05, 4.69) is 11.1 Å². The molecule has 0 aromatic heterocycles. The summed E-state index contributed by atoms with van der Waals surface area (Å²) in [7, 11) is -3.58. The summed E-state index contributed by atoms with van der Waals surface area (Å²) in [6.07, 6.45) is 12.4. The molecule has 0 heterocycles. The fourth-order valence-electron chi connectivity index (χ4n) is 1.57. The third-order valence-electron chi connectivity index (χ3n) is 2.61. The van der Waals surface area contributed by atoms with Crippen LogP contribution in [0.2, 0.25) is 0 Å². The number of aliphatic hydroxyl groups excluding tert-OH is 1. The number of allylic oxidation sites excluding steroid dienone is 1. The van der Waals surface area contributed by atoms with Gasteiger partial charge in [0.15, 0.2) is 0 Å². The van der Waals surface area contributed by atoms with Gasteiger partial charge >= 0.3 is 39.7 Å². The molecule has 0 spiro atoms. The minimum atomic E-state index is -3.58. The van der Waals surface area contributed by atoms with Crippen LogP contribution in [-0.2, 0) is 14.3 Å². The number of unbranched alkanes of at least 4 members (excludes halogenated alkanes) is 7. The van der Waals surface area contributed by atoms with Gasteiger partial charge in [0.25, 0.3) is 0 Å². The topological polar surface area (TPSA) is 63.6 Å². The van der Waals surface area contributed by atoms with Crippen molar-refractivity contribution in [2.75, 3.05) is 12.4 Å². The molecule has 0 saturated carbocycles. The Morgan fingerprint density at radius 2 is 1.63 bits per heavy atom. The van der Waals surface area contributed by atoms with Crippen molar-refractivity contribution in [3.8, 4) is 0 Å². The quantitative estimate of drug-likeness (QED) is 0.260. The van der Waals surface area contributed by atoms with Crippen molar-refractivity contribution in [3.05, 3.63) is 12.3 Å². The molecule has 0 unspecified atom stereocenters. The van der Waals surface area contributed by atoms with Crippen molar-refractivity contribution in [1.29, 1.82) is 0 Å². The average Bonchev–Trinajstić information content (AvgIpc) is 2.31. The van der Waals surface area contributed by atoms with Crippen molar-refractivity contribution in [3.63, 3.8) is 0 Å². The van der Waals surface area contributed by atoms with Gasteiger partial charge in [-0.3, -0.25) is 0 Å². The van der Waals surface area contributed by atoms with Crippen LogP contribution in [-0.4, -0.2) is 55.4 Å². The molecule has 0 aliphatic rings. The molecular weight excluding hydrogens is 275 g/mol. The molecule has 0 rings (SSSR count). The Balaban J connectivity index is 0. The summed E-state index contributed by atoms with van der Waals surface area (Å²) in [5, 5.41) is 8.48. The molecule has 0 saturated heterocycles. The first-order valence-corrected chi connectivity index (χ1v) is 8.37. The summed E-state index contributed by atoms with van der Waals surface area (Å²) < 4.78 is 26.6. The SMILES string of the molecule is CCCCCCCCC/C=C/OS(=O)(=O)CCO.[NaH]. The van der Waals surface area contributed by atoms with Gasteiger partial charge in [-0.25, -0.2) is 0 Å². The number of aliphatic hydroxyl groups is 1. The fraction of sp³-hybridized carbons (Fsp3) is 0.846. The predicted octanol–water partition coefficient (Wildman–Crippen LogP) is 2.33. The second kappa shape index (κ2) is 14.9. The van der Waals surface area contributed by atoms with Crippen LogP contribution in [0.4, 0.5) is 0 Å². The molecule has 4 nitrogen and oxygen atoms in total. The summed E-state index contributed by atoms with van der Waals surface area (Å²) in [6, 6.07) is 0. The van der Waals surface area contributed by atoms with Gasteiger partial charge in [0.2, 0.25) is 0 Å². The van der Waals surface area contributed by atoms with Gasteiger partial charge in [-0.2, -0.15) is 8.42 Å².